The molecular formula is C17H18N2O4S. The van der Waals surface area contributed by atoms with Crippen molar-refractivity contribution in [2.75, 3.05) is 25.1 Å². The molecule has 1 aromatic heterocycles. The maximum Gasteiger partial charge on any atom is 0.415 e. The molecule has 1 atom stereocenters. The van der Waals surface area contributed by atoms with Crippen molar-refractivity contribution in [1.82, 2.24) is 5.32 Å². The standard InChI is InChI=1S/C17H18N2O4S/c1-11-8-12(5-6-14(11)22-2)16(20)18-9-13-10-19(17(21)23-13)15-4-3-7-24-15/h3-8,13H,9-10H2,1-2H3,(H,18,20). The van der Waals surface area contributed by atoms with Crippen LogP contribution >= 0.6 is 11.3 Å². The summed E-state index contributed by atoms with van der Waals surface area (Å²) in [5.41, 5.74) is 1.44. The second-order valence-corrected chi connectivity index (χ2v) is 6.39. The number of carbonyl (C=O) groups is 2. The number of ether oxygens (including phenoxy) is 2. The molecule has 0 saturated carbocycles. The van der Waals surface area contributed by atoms with Crippen LogP contribution in [0.3, 0.4) is 0 Å². The number of hydrogen-bond donors (Lipinski definition) is 1. The van der Waals surface area contributed by atoms with E-state index in [0.717, 1.165) is 16.3 Å². The summed E-state index contributed by atoms with van der Waals surface area (Å²) >= 11 is 1.48. The van der Waals surface area contributed by atoms with Gasteiger partial charge in [0.05, 0.1) is 20.2 Å². The van der Waals surface area contributed by atoms with Crippen LogP contribution in [0.5, 0.6) is 5.75 Å². The highest BCUT2D eigenvalue weighted by Gasteiger charge is 2.33. The van der Waals surface area contributed by atoms with Crippen molar-refractivity contribution >= 4 is 28.3 Å². The maximum atomic E-state index is 12.2. The Hall–Kier alpha value is -2.54. The van der Waals surface area contributed by atoms with E-state index < -0.39 is 0 Å². The van der Waals surface area contributed by atoms with E-state index in [0.29, 0.717) is 12.1 Å². The van der Waals surface area contributed by atoms with Crippen LogP contribution in [-0.4, -0.2) is 38.3 Å². The molecule has 0 bridgehead atoms. The molecule has 3 rings (SSSR count). The van der Waals surface area contributed by atoms with Gasteiger partial charge < -0.3 is 14.8 Å². The van der Waals surface area contributed by atoms with Crippen LogP contribution in [0.4, 0.5) is 9.80 Å². The fraction of sp³-hybridized carbons (Fsp3) is 0.294. The van der Waals surface area contributed by atoms with Gasteiger partial charge in [0.1, 0.15) is 16.9 Å². The second kappa shape index (κ2) is 6.92. The third kappa shape index (κ3) is 3.35. The number of rotatable bonds is 5. The minimum absolute atomic E-state index is 0.202. The average molecular weight is 346 g/mol. The van der Waals surface area contributed by atoms with Crippen molar-refractivity contribution in [2.24, 2.45) is 0 Å². The van der Waals surface area contributed by atoms with Gasteiger partial charge in [0.2, 0.25) is 0 Å². The van der Waals surface area contributed by atoms with Crippen LogP contribution in [0, 0.1) is 6.92 Å². The first-order chi connectivity index (χ1) is 11.6. The Morgan fingerprint density at radius 1 is 1.46 bits per heavy atom. The first-order valence-corrected chi connectivity index (χ1v) is 8.41. The fourth-order valence-electron chi connectivity index (χ4n) is 2.56. The first kappa shape index (κ1) is 16.3. The van der Waals surface area contributed by atoms with E-state index in [1.165, 1.54) is 11.3 Å². The summed E-state index contributed by atoms with van der Waals surface area (Å²) in [6.07, 6.45) is -0.736. The van der Waals surface area contributed by atoms with Gasteiger partial charge in [-0.1, -0.05) is 0 Å². The predicted molar refractivity (Wildman–Crippen MR) is 92.0 cm³/mol. The van der Waals surface area contributed by atoms with E-state index in [1.54, 1.807) is 30.2 Å². The number of nitrogens with one attached hydrogen (secondary N) is 1. The number of aryl methyl sites for hydroxylation is 1. The lowest BCUT2D eigenvalue weighted by atomic mass is 10.1. The predicted octanol–water partition coefficient (Wildman–Crippen LogP) is 2.82. The van der Waals surface area contributed by atoms with Crippen LogP contribution in [0.25, 0.3) is 0 Å². The summed E-state index contributed by atoms with van der Waals surface area (Å²) in [5, 5.41) is 5.57. The normalized spacial score (nSPS) is 16.8. The molecule has 126 valence electrons. The molecule has 2 heterocycles. The summed E-state index contributed by atoms with van der Waals surface area (Å²) in [6, 6.07) is 8.99. The van der Waals surface area contributed by atoms with Gasteiger partial charge in [0.25, 0.3) is 5.91 Å². The van der Waals surface area contributed by atoms with Gasteiger partial charge in [-0.05, 0) is 48.2 Å². The smallest absolute Gasteiger partial charge is 0.415 e. The van der Waals surface area contributed by atoms with E-state index in [2.05, 4.69) is 5.32 Å². The minimum atomic E-state index is -0.378. The first-order valence-electron chi connectivity index (χ1n) is 7.53. The van der Waals surface area contributed by atoms with Gasteiger partial charge in [-0.3, -0.25) is 9.69 Å². The lowest BCUT2D eigenvalue weighted by Crippen LogP contribution is -2.34. The Morgan fingerprint density at radius 2 is 2.29 bits per heavy atom. The molecule has 1 fully saturated rings. The third-order valence-electron chi connectivity index (χ3n) is 3.79. The molecule has 1 saturated heterocycles. The second-order valence-electron chi connectivity index (χ2n) is 5.46. The van der Waals surface area contributed by atoms with Gasteiger partial charge in [-0.2, -0.15) is 0 Å². The zero-order valence-electron chi connectivity index (χ0n) is 13.4. The fourth-order valence-corrected chi connectivity index (χ4v) is 3.29. The molecule has 2 amide bonds. The van der Waals surface area contributed by atoms with Crippen molar-refractivity contribution < 1.29 is 19.1 Å². The Labute approximate surface area is 144 Å². The molecule has 1 aliphatic heterocycles. The number of benzene rings is 1. The number of hydrogen-bond acceptors (Lipinski definition) is 5. The van der Waals surface area contributed by atoms with Crippen LogP contribution < -0.4 is 15.0 Å². The van der Waals surface area contributed by atoms with Gasteiger partial charge >= 0.3 is 6.09 Å². The zero-order chi connectivity index (χ0) is 17.1. The van der Waals surface area contributed by atoms with Crippen molar-refractivity contribution in [3.05, 3.63) is 46.8 Å². The average Bonchev–Trinajstić information content (AvgIpc) is 3.21. The molecule has 1 unspecified atom stereocenters. The lowest BCUT2D eigenvalue weighted by molar-refractivity contribution is 0.0916. The highest BCUT2D eigenvalue weighted by atomic mass is 32.1. The largest absolute Gasteiger partial charge is 0.496 e. The molecule has 1 N–H and O–H groups in total. The Bertz CT molecular complexity index is 745. The summed E-state index contributed by atoms with van der Waals surface area (Å²) in [4.78, 5) is 25.7. The monoisotopic (exact) mass is 346 g/mol. The van der Waals surface area contributed by atoms with Crippen LogP contribution in [0.15, 0.2) is 35.7 Å². The molecule has 1 aliphatic rings. The van der Waals surface area contributed by atoms with Crippen molar-refractivity contribution in [2.45, 2.75) is 13.0 Å². The molecule has 0 aliphatic carbocycles. The highest BCUT2D eigenvalue weighted by Crippen LogP contribution is 2.26. The number of amides is 2. The molecule has 0 radical (unpaired) electrons. The van der Waals surface area contributed by atoms with E-state index in [9.17, 15) is 9.59 Å². The Kier molecular flexibility index (Phi) is 4.71. The van der Waals surface area contributed by atoms with Gasteiger partial charge in [0, 0.05) is 5.56 Å². The van der Waals surface area contributed by atoms with Gasteiger partial charge in [0.15, 0.2) is 0 Å². The van der Waals surface area contributed by atoms with E-state index in [1.807, 2.05) is 24.4 Å². The molecule has 24 heavy (non-hydrogen) atoms. The summed E-state index contributed by atoms with van der Waals surface area (Å²) in [5.74, 6) is 0.536. The SMILES string of the molecule is COc1ccc(C(=O)NCC2CN(c3cccs3)C(=O)O2)cc1C. The van der Waals surface area contributed by atoms with Crippen molar-refractivity contribution in [3.63, 3.8) is 0 Å². The summed E-state index contributed by atoms with van der Waals surface area (Å²) in [6.45, 7) is 2.59. The minimum Gasteiger partial charge on any atom is -0.496 e. The van der Waals surface area contributed by atoms with E-state index in [4.69, 9.17) is 9.47 Å². The Balaban J connectivity index is 1.57. The molecule has 2 aromatic rings. The van der Waals surface area contributed by atoms with Gasteiger partial charge in [-0.25, -0.2) is 4.79 Å². The molecule has 7 heteroatoms. The number of carbonyl (C=O) groups excluding carboxylic acids is 2. The number of nitrogens with zero attached hydrogens (tertiary/aromatic N) is 1. The topological polar surface area (TPSA) is 67.9 Å². The van der Waals surface area contributed by atoms with E-state index in [-0.39, 0.29) is 24.6 Å². The molecule has 6 nitrogen and oxygen atoms in total. The Morgan fingerprint density at radius 3 is 2.96 bits per heavy atom. The number of methoxy groups -OCH3 is 1. The summed E-state index contributed by atoms with van der Waals surface area (Å²) in [7, 11) is 1.59. The van der Waals surface area contributed by atoms with Gasteiger partial charge in [-0.15, -0.1) is 11.3 Å². The number of anilines is 1. The van der Waals surface area contributed by atoms with E-state index >= 15 is 0 Å². The van der Waals surface area contributed by atoms with Crippen LogP contribution in [0.1, 0.15) is 15.9 Å². The van der Waals surface area contributed by atoms with Crippen molar-refractivity contribution in [1.29, 1.82) is 0 Å². The van der Waals surface area contributed by atoms with Crippen molar-refractivity contribution in [3.8, 4) is 5.75 Å². The third-order valence-corrected chi connectivity index (χ3v) is 4.68. The van der Waals surface area contributed by atoms with Crippen LogP contribution in [-0.2, 0) is 4.74 Å². The lowest BCUT2D eigenvalue weighted by Gasteiger charge is -2.11. The molecule has 1 aromatic carbocycles. The highest BCUT2D eigenvalue weighted by molar-refractivity contribution is 7.14. The maximum absolute atomic E-state index is 12.2. The summed E-state index contributed by atoms with van der Waals surface area (Å²) < 4.78 is 10.5. The van der Waals surface area contributed by atoms with Crippen LogP contribution in [0.2, 0.25) is 0 Å². The number of thiophene rings is 1. The molecule has 0 spiro atoms. The molecular weight excluding hydrogens is 328 g/mol. The quantitative estimate of drug-likeness (QED) is 0.904. The number of cyclic esters (lactones) is 1. The zero-order valence-corrected chi connectivity index (χ0v) is 14.3.